The Morgan fingerprint density at radius 3 is 1.66 bits per heavy atom. The molecule has 3 aliphatic heterocycles. The monoisotopic (exact) mass is 712 g/mol. The van der Waals surface area contributed by atoms with Crippen molar-refractivity contribution in [1.82, 2.24) is 0 Å². The fourth-order valence-electron chi connectivity index (χ4n) is 7.56. The Morgan fingerprint density at radius 1 is 0.547 bits per heavy atom. The number of rotatable bonds is 17. The van der Waals surface area contributed by atoms with E-state index in [9.17, 15) is 0 Å². The Hall–Kier alpha value is -4.36. The molecule has 5 atom stereocenters. The van der Waals surface area contributed by atoms with Gasteiger partial charge in [0.1, 0.15) is 55.4 Å². The molecule has 0 N–H and O–H groups in total. The molecule has 3 saturated heterocycles. The summed E-state index contributed by atoms with van der Waals surface area (Å²) in [5.74, 6) is 3.69. The summed E-state index contributed by atoms with van der Waals surface area (Å²) in [4.78, 5) is 0. The van der Waals surface area contributed by atoms with E-state index in [1.54, 1.807) is 0 Å². The molecule has 0 saturated carbocycles. The van der Waals surface area contributed by atoms with Crippen molar-refractivity contribution >= 4 is 0 Å². The summed E-state index contributed by atoms with van der Waals surface area (Å²) in [7, 11) is 0. The van der Waals surface area contributed by atoms with Crippen LogP contribution in [0.4, 0.5) is 0 Å². The number of hydrogen-bond donors (Lipinski definition) is 0. The topological polar surface area (TPSA) is 65.3 Å². The van der Waals surface area contributed by atoms with Crippen molar-refractivity contribution in [1.29, 1.82) is 0 Å². The highest BCUT2D eigenvalue weighted by atomic mass is 16.6. The number of benzene rings is 4. The Morgan fingerprint density at radius 2 is 1.06 bits per heavy atom. The van der Waals surface area contributed by atoms with Crippen LogP contribution in [0.15, 0.2) is 102 Å². The molecule has 5 unspecified atom stereocenters. The van der Waals surface area contributed by atoms with Gasteiger partial charge in [0.15, 0.2) is 0 Å². The molecular formula is C47H52O6. The van der Waals surface area contributed by atoms with Crippen molar-refractivity contribution in [2.45, 2.75) is 71.7 Å². The van der Waals surface area contributed by atoms with E-state index in [2.05, 4.69) is 113 Å². The van der Waals surface area contributed by atoms with E-state index >= 15 is 0 Å². The van der Waals surface area contributed by atoms with Gasteiger partial charge in [-0.25, -0.2) is 0 Å². The zero-order valence-corrected chi connectivity index (χ0v) is 31.6. The largest absolute Gasteiger partial charge is 0.490 e. The molecule has 53 heavy (non-hydrogen) atoms. The zero-order chi connectivity index (χ0) is 36.3. The van der Waals surface area contributed by atoms with Crippen LogP contribution in [0.5, 0.6) is 17.2 Å². The molecule has 6 nitrogen and oxygen atoms in total. The number of epoxide rings is 3. The minimum absolute atomic E-state index is 0.171. The lowest BCUT2D eigenvalue weighted by atomic mass is 9.78. The quantitative estimate of drug-likeness (QED) is 0.102. The smallest absolute Gasteiger partial charge is 0.126 e. The van der Waals surface area contributed by atoms with Crippen LogP contribution in [0.2, 0.25) is 0 Å². The van der Waals surface area contributed by atoms with Crippen LogP contribution in [0.1, 0.15) is 58.4 Å². The standard InChI is InChI=1S/C47H52O6/c1-30-16-32(3)40(21-38(30)19-35-11-6-8-15-46(35)52-28-43-25-49-43)23-41-22-39(31(2)17-33(41)4)20-37-13-9-12-36(47(37)53-29-44-26-50-44)18-34-10-5-7-14-45(34)51-27-42-24-48-42/h5-17,21-22,32,40,42-44H,18-20,23-29H2,1-4H3. The van der Waals surface area contributed by atoms with E-state index in [0.29, 0.717) is 31.7 Å². The molecule has 0 radical (unpaired) electrons. The minimum Gasteiger partial charge on any atom is -0.490 e. The molecule has 1 aliphatic carbocycles. The highest BCUT2D eigenvalue weighted by Crippen LogP contribution is 2.36. The first-order valence-corrected chi connectivity index (χ1v) is 19.3. The molecule has 0 bridgehead atoms. The van der Waals surface area contributed by atoms with Crippen LogP contribution in [0.25, 0.3) is 0 Å². The zero-order valence-electron chi connectivity index (χ0n) is 31.6. The summed E-state index contributed by atoms with van der Waals surface area (Å²) in [6.45, 7) is 13.2. The van der Waals surface area contributed by atoms with E-state index in [-0.39, 0.29) is 18.3 Å². The molecule has 0 aromatic heterocycles. The maximum Gasteiger partial charge on any atom is 0.126 e. The van der Waals surface area contributed by atoms with Crippen molar-refractivity contribution in [2.24, 2.45) is 11.8 Å². The minimum atomic E-state index is 0.171. The third kappa shape index (κ3) is 9.24. The van der Waals surface area contributed by atoms with Crippen LogP contribution in [0.3, 0.4) is 0 Å². The number of aryl methyl sites for hydroxylation is 2. The average Bonchev–Trinajstić information content (AvgIpc) is 3.98. The van der Waals surface area contributed by atoms with Gasteiger partial charge in [0, 0.05) is 19.3 Å². The second kappa shape index (κ2) is 15.9. The summed E-state index contributed by atoms with van der Waals surface area (Å²) in [5.41, 5.74) is 12.9. The fraction of sp³-hybridized carbons (Fsp3) is 0.404. The summed E-state index contributed by atoms with van der Waals surface area (Å²) < 4.78 is 35.3. The predicted molar refractivity (Wildman–Crippen MR) is 208 cm³/mol. The summed E-state index contributed by atoms with van der Waals surface area (Å²) in [5, 5.41) is 0. The summed E-state index contributed by atoms with van der Waals surface area (Å²) in [6, 6.07) is 28.2. The Bertz CT molecular complexity index is 1980. The first-order chi connectivity index (χ1) is 25.9. The molecule has 6 heteroatoms. The lowest BCUT2D eigenvalue weighted by Crippen LogP contribution is -2.17. The van der Waals surface area contributed by atoms with E-state index in [4.69, 9.17) is 28.4 Å². The second-order valence-electron chi connectivity index (χ2n) is 15.4. The second-order valence-corrected chi connectivity index (χ2v) is 15.4. The molecule has 0 amide bonds. The predicted octanol–water partition coefficient (Wildman–Crippen LogP) is 8.74. The highest BCUT2D eigenvalue weighted by molar-refractivity contribution is 5.50. The lowest BCUT2D eigenvalue weighted by molar-refractivity contribution is 0.258. The molecular weight excluding hydrogens is 661 g/mol. The Kier molecular flexibility index (Phi) is 10.7. The van der Waals surface area contributed by atoms with Crippen LogP contribution in [-0.2, 0) is 39.9 Å². The van der Waals surface area contributed by atoms with Crippen molar-refractivity contribution in [2.75, 3.05) is 39.6 Å². The fourth-order valence-corrected chi connectivity index (χ4v) is 7.56. The van der Waals surface area contributed by atoms with E-state index in [1.807, 2.05) is 6.07 Å². The van der Waals surface area contributed by atoms with E-state index < -0.39 is 0 Å². The molecule has 3 heterocycles. The van der Waals surface area contributed by atoms with Crippen molar-refractivity contribution < 1.29 is 28.4 Å². The van der Waals surface area contributed by atoms with Gasteiger partial charge >= 0.3 is 0 Å². The van der Waals surface area contributed by atoms with Gasteiger partial charge in [-0.1, -0.05) is 91.4 Å². The van der Waals surface area contributed by atoms with Crippen molar-refractivity contribution in [3.05, 3.63) is 147 Å². The third-order valence-corrected chi connectivity index (χ3v) is 11.1. The highest BCUT2D eigenvalue weighted by Gasteiger charge is 2.27. The maximum absolute atomic E-state index is 6.61. The van der Waals surface area contributed by atoms with Crippen molar-refractivity contribution in [3.63, 3.8) is 0 Å². The molecule has 8 rings (SSSR count). The van der Waals surface area contributed by atoms with Crippen LogP contribution < -0.4 is 14.2 Å². The van der Waals surface area contributed by atoms with Gasteiger partial charge in [-0.2, -0.15) is 0 Å². The van der Waals surface area contributed by atoms with E-state index in [1.165, 1.54) is 44.5 Å². The van der Waals surface area contributed by atoms with Gasteiger partial charge in [-0.3, -0.25) is 0 Å². The Balaban J connectivity index is 1.03. The SMILES string of the molecule is CC1=CC(C)C(Cc2cc(Cc3cccc(Cc4ccccc4OCC4CO4)c3OCC3CO3)c(C)cc2C)C=C1Cc1ccccc1OCC1CO1. The average molecular weight is 713 g/mol. The number of allylic oxidation sites excluding steroid dienone is 4. The normalized spacial score (nSPS) is 22.8. The number of ether oxygens (including phenoxy) is 6. The first kappa shape index (κ1) is 35.7. The third-order valence-electron chi connectivity index (χ3n) is 11.1. The Labute approximate surface area is 314 Å². The van der Waals surface area contributed by atoms with Crippen LogP contribution in [-0.4, -0.2) is 58.0 Å². The van der Waals surface area contributed by atoms with Gasteiger partial charge in [0.05, 0.1) is 19.8 Å². The van der Waals surface area contributed by atoms with Gasteiger partial charge in [0.2, 0.25) is 0 Å². The molecule has 276 valence electrons. The van der Waals surface area contributed by atoms with Gasteiger partial charge in [0.25, 0.3) is 0 Å². The van der Waals surface area contributed by atoms with Gasteiger partial charge < -0.3 is 28.4 Å². The molecule has 4 aromatic carbocycles. The van der Waals surface area contributed by atoms with Gasteiger partial charge in [-0.05, 0) is 101 Å². The molecule has 4 aromatic rings. The molecule has 3 fully saturated rings. The molecule has 4 aliphatic rings. The van der Waals surface area contributed by atoms with Gasteiger partial charge in [-0.15, -0.1) is 0 Å². The van der Waals surface area contributed by atoms with E-state index in [0.717, 1.165) is 73.9 Å². The van der Waals surface area contributed by atoms with Crippen LogP contribution in [0, 0.1) is 25.7 Å². The van der Waals surface area contributed by atoms with Crippen molar-refractivity contribution in [3.8, 4) is 17.2 Å². The summed E-state index contributed by atoms with van der Waals surface area (Å²) in [6.07, 6.45) is 9.00. The maximum atomic E-state index is 6.61. The molecule has 0 spiro atoms. The number of para-hydroxylation sites is 3. The number of hydrogen-bond acceptors (Lipinski definition) is 6. The lowest BCUT2D eigenvalue weighted by Gasteiger charge is -2.27. The summed E-state index contributed by atoms with van der Waals surface area (Å²) >= 11 is 0. The van der Waals surface area contributed by atoms with Crippen LogP contribution >= 0.6 is 0 Å². The first-order valence-electron chi connectivity index (χ1n) is 19.3.